The van der Waals surface area contributed by atoms with E-state index in [4.69, 9.17) is 0 Å². The third-order valence-corrected chi connectivity index (χ3v) is 7.77. The average Bonchev–Trinajstić information content (AvgIpc) is 2.46. The third-order valence-electron chi connectivity index (χ3n) is 4.39. The highest BCUT2D eigenvalue weighted by Gasteiger charge is 2.50. The van der Waals surface area contributed by atoms with Crippen LogP contribution in [0.1, 0.15) is 26.2 Å². The van der Waals surface area contributed by atoms with Crippen molar-refractivity contribution >= 4 is 39.9 Å². The smallest absolute Gasteiger partial charge is 0.244 e. The highest BCUT2D eigenvalue weighted by Crippen LogP contribution is 2.32. The Kier molecular flexibility index (Phi) is 6.83. The minimum absolute atomic E-state index is 0. The lowest BCUT2D eigenvalue weighted by Gasteiger charge is -2.41. The summed E-state index contributed by atoms with van der Waals surface area (Å²) in [5.74, 6) is 0.739. The van der Waals surface area contributed by atoms with Crippen molar-refractivity contribution < 1.29 is 13.2 Å². The second-order valence-electron chi connectivity index (χ2n) is 5.67. The van der Waals surface area contributed by atoms with Gasteiger partial charge in [-0.05, 0) is 32.4 Å². The van der Waals surface area contributed by atoms with E-state index in [1.54, 1.807) is 4.90 Å². The maximum Gasteiger partial charge on any atom is 0.244 e. The molecular weight excluding hydrogens is 332 g/mol. The number of piperidine rings is 1. The summed E-state index contributed by atoms with van der Waals surface area (Å²) >= 11 is 1.88. The number of thioether (sulfide) groups is 1. The number of nitrogens with one attached hydrogen (secondary N) is 1. The molecule has 1 atom stereocenters. The molecular formula is C13H25ClN2O3S2. The van der Waals surface area contributed by atoms with Crippen LogP contribution in [0.25, 0.3) is 0 Å². The van der Waals surface area contributed by atoms with Crippen LogP contribution in [0, 0.1) is 0 Å². The molecule has 2 aliphatic heterocycles. The van der Waals surface area contributed by atoms with E-state index in [1.165, 1.54) is 6.26 Å². The summed E-state index contributed by atoms with van der Waals surface area (Å²) in [5.41, 5.74) is 0. The lowest BCUT2D eigenvalue weighted by molar-refractivity contribution is -0.134. The molecule has 1 N–H and O–H groups in total. The second-order valence-corrected chi connectivity index (χ2v) is 9.40. The van der Waals surface area contributed by atoms with Crippen molar-refractivity contribution in [1.29, 1.82) is 0 Å². The molecule has 0 aromatic heterocycles. The van der Waals surface area contributed by atoms with Crippen LogP contribution in [0.2, 0.25) is 0 Å². The van der Waals surface area contributed by atoms with Gasteiger partial charge in [-0.15, -0.1) is 12.4 Å². The van der Waals surface area contributed by atoms with E-state index in [1.807, 2.05) is 11.8 Å². The first-order valence-electron chi connectivity index (χ1n) is 7.22. The SMILES string of the molecule is CCC1CN(C(=O)C2(S(C)(=O)=O)CCNCC2)CCS1.Cl. The summed E-state index contributed by atoms with van der Waals surface area (Å²) in [6.45, 7) is 4.66. The van der Waals surface area contributed by atoms with Gasteiger partial charge in [0.2, 0.25) is 5.91 Å². The van der Waals surface area contributed by atoms with Crippen LogP contribution in [0.4, 0.5) is 0 Å². The van der Waals surface area contributed by atoms with E-state index < -0.39 is 14.6 Å². The minimum atomic E-state index is -3.40. The van der Waals surface area contributed by atoms with E-state index in [2.05, 4.69) is 12.2 Å². The standard InChI is InChI=1S/C13H24N2O3S2.ClH/c1-3-11-10-15(8-9-19-11)12(16)13(20(2,17)18)4-6-14-7-5-13;/h11,14H,3-10H2,1-2H3;1H. The van der Waals surface area contributed by atoms with Gasteiger partial charge in [-0.25, -0.2) is 8.42 Å². The van der Waals surface area contributed by atoms with Crippen LogP contribution in [0.5, 0.6) is 0 Å². The van der Waals surface area contributed by atoms with Gasteiger partial charge in [-0.3, -0.25) is 4.79 Å². The number of hydrogen-bond acceptors (Lipinski definition) is 5. The number of halogens is 1. The number of nitrogens with zero attached hydrogens (tertiary/aromatic N) is 1. The van der Waals surface area contributed by atoms with Crippen LogP contribution >= 0.6 is 24.2 Å². The lowest BCUT2D eigenvalue weighted by Crippen LogP contribution is -2.60. The lowest BCUT2D eigenvalue weighted by atomic mass is 9.95. The van der Waals surface area contributed by atoms with E-state index in [-0.39, 0.29) is 18.3 Å². The van der Waals surface area contributed by atoms with Crippen molar-refractivity contribution in [3.63, 3.8) is 0 Å². The molecule has 124 valence electrons. The minimum Gasteiger partial charge on any atom is -0.339 e. The Hall–Kier alpha value is 0.0200. The van der Waals surface area contributed by atoms with Gasteiger partial charge in [0.25, 0.3) is 0 Å². The molecule has 2 aliphatic rings. The molecule has 0 radical (unpaired) electrons. The zero-order chi connectivity index (χ0) is 14.8. The number of rotatable bonds is 3. The van der Waals surface area contributed by atoms with Crippen molar-refractivity contribution in [3.8, 4) is 0 Å². The number of amides is 1. The predicted molar refractivity (Wildman–Crippen MR) is 90.0 cm³/mol. The van der Waals surface area contributed by atoms with Crippen LogP contribution in [0.3, 0.4) is 0 Å². The molecule has 5 nitrogen and oxygen atoms in total. The van der Waals surface area contributed by atoms with Crippen LogP contribution in [-0.4, -0.2) is 67.4 Å². The fourth-order valence-corrected chi connectivity index (χ4v) is 5.58. The van der Waals surface area contributed by atoms with Gasteiger partial charge in [-0.2, -0.15) is 11.8 Å². The highest BCUT2D eigenvalue weighted by atomic mass is 35.5. The van der Waals surface area contributed by atoms with Crippen LogP contribution < -0.4 is 5.32 Å². The van der Waals surface area contributed by atoms with Crippen molar-refractivity contribution in [2.45, 2.75) is 36.2 Å². The third kappa shape index (κ3) is 3.86. The van der Waals surface area contributed by atoms with Crippen molar-refractivity contribution in [2.75, 3.05) is 38.2 Å². The Morgan fingerprint density at radius 3 is 2.52 bits per heavy atom. The first kappa shape index (κ1) is 19.1. The van der Waals surface area contributed by atoms with E-state index in [0.29, 0.717) is 44.3 Å². The molecule has 2 rings (SSSR count). The number of carbonyl (C=O) groups excluding carboxylic acids is 1. The summed E-state index contributed by atoms with van der Waals surface area (Å²) in [4.78, 5) is 14.7. The summed E-state index contributed by atoms with van der Waals surface area (Å²) in [6, 6.07) is 0. The topological polar surface area (TPSA) is 66.5 Å². The fourth-order valence-electron chi connectivity index (χ4n) is 3.01. The van der Waals surface area contributed by atoms with Gasteiger partial charge in [0, 0.05) is 30.3 Å². The van der Waals surface area contributed by atoms with Gasteiger partial charge >= 0.3 is 0 Å². The van der Waals surface area contributed by atoms with E-state index >= 15 is 0 Å². The van der Waals surface area contributed by atoms with Gasteiger partial charge in [-0.1, -0.05) is 6.92 Å². The van der Waals surface area contributed by atoms with Crippen LogP contribution in [0.15, 0.2) is 0 Å². The molecule has 8 heteroatoms. The summed E-state index contributed by atoms with van der Waals surface area (Å²) < 4.78 is 23.3. The Bertz CT molecular complexity index is 464. The molecule has 0 bridgehead atoms. The highest BCUT2D eigenvalue weighted by molar-refractivity contribution is 8.00. The van der Waals surface area contributed by atoms with Crippen molar-refractivity contribution in [1.82, 2.24) is 10.2 Å². The van der Waals surface area contributed by atoms with Crippen LogP contribution in [-0.2, 0) is 14.6 Å². The Balaban J connectivity index is 0.00000220. The van der Waals surface area contributed by atoms with E-state index in [0.717, 1.165) is 12.2 Å². The Morgan fingerprint density at radius 2 is 2.00 bits per heavy atom. The molecule has 0 aromatic rings. The molecule has 0 spiro atoms. The van der Waals surface area contributed by atoms with Crippen molar-refractivity contribution in [2.24, 2.45) is 0 Å². The Morgan fingerprint density at radius 1 is 1.38 bits per heavy atom. The molecule has 2 saturated heterocycles. The second kappa shape index (κ2) is 7.53. The molecule has 0 saturated carbocycles. The molecule has 2 heterocycles. The molecule has 2 fully saturated rings. The summed E-state index contributed by atoms with van der Waals surface area (Å²) in [6.07, 6.45) is 3.02. The number of carbonyl (C=O) groups is 1. The molecule has 1 unspecified atom stereocenters. The quantitative estimate of drug-likeness (QED) is 0.814. The normalized spacial score (nSPS) is 26.0. The Labute approximate surface area is 137 Å². The largest absolute Gasteiger partial charge is 0.339 e. The van der Waals surface area contributed by atoms with Gasteiger partial charge in [0.05, 0.1) is 0 Å². The molecule has 21 heavy (non-hydrogen) atoms. The maximum absolute atomic E-state index is 12.9. The molecule has 0 aliphatic carbocycles. The number of hydrogen-bond donors (Lipinski definition) is 1. The monoisotopic (exact) mass is 356 g/mol. The summed E-state index contributed by atoms with van der Waals surface area (Å²) in [5, 5.41) is 3.59. The van der Waals surface area contributed by atoms with E-state index in [9.17, 15) is 13.2 Å². The molecule has 1 amide bonds. The maximum atomic E-state index is 12.9. The first-order valence-corrected chi connectivity index (χ1v) is 10.2. The first-order chi connectivity index (χ1) is 9.40. The fraction of sp³-hybridized carbons (Fsp3) is 0.923. The van der Waals surface area contributed by atoms with Gasteiger partial charge < -0.3 is 10.2 Å². The van der Waals surface area contributed by atoms with Crippen molar-refractivity contribution in [3.05, 3.63) is 0 Å². The zero-order valence-corrected chi connectivity index (χ0v) is 15.1. The summed E-state index contributed by atoms with van der Waals surface area (Å²) in [7, 11) is -3.40. The predicted octanol–water partition coefficient (Wildman–Crippen LogP) is 0.929. The van der Waals surface area contributed by atoms with Gasteiger partial charge in [0.1, 0.15) is 0 Å². The average molecular weight is 357 g/mol. The number of sulfone groups is 1. The molecule has 0 aromatic carbocycles. The zero-order valence-electron chi connectivity index (χ0n) is 12.6. The van der Waals surface area contributed by atoms with Gasteiger partial charge in [0.15, 0.2) is 14.6 Å².